The molecule has 0 aromatic heterocycles. The van der Waals surface area contributed by atoms with Gasteiger partial charge in [-0.15, -0.1) is 0 Å². The van der Waals surface area contributed by atoms with E-state index >= 15 is 0 Å². The van der Waals surface area contributed by atoms with Gasteiger partial charge in [-0.1, -0.05) is 13.3 Å². The monoisotopic (exact) mass is 238 g/mol. The lowest BCUT2D eigenvalue weighted by molar-refractivity contribution is 0.310. The molecule has 100 valence electrons. The summed E-state index contributed by atoms with van der Waals surface area (Å²) in [5.74, 6) is 3.29. The molecule has 2 bridgehead atoms. The van der Waals surface area contributed by atoms with Crippen molar-refractivity contribution < 1.29 is 0 Å². The first-order valence-electron chi connectivity index (χ1n) is 7.81. The van der Waals surface area contributed by atoms with Gasteiger partial charge in [0, 0.05) is 0 Å². The first kappa shape index (κ1) is 13.4. The summed E-state index contributed by atoms with van der Waals surface area (Å²) in [5.41, 5.74) is 0. The van der Waals surface area contributed by atoms with Crippen LogP contribution < -0.4 is 10.6 Å². The molecule has 2 aliphatic rings. The molecule has 3 unspecified atom stereocenters. The van der Waals surface area contributed by atoms with Gasteiger partial charge in [0.2, 0.25) is 0 Å². The third-order valence-corrected chi connectivity index (χ3v) is 4.71. The molecule has 0 amide bonds. The Balaban J connectivity index is 1.39. The molecule has 0 aromatic rings. The number of nitrogens with one attached hydrogen (secondary N) is 2. The smallest absolute Gasteiger partial charge is 0.00368 e. The van der Waals surface area contributed by atoms with Crippen LogP contribution in [-0.4, -0.2) is 26.2 Å². The summed E-state index contributed by atoms with van der Waals surface area (Å²) in [6.07, 6.45) is 10.1. The Morgan fingerprint density at radius 1 is 0.941 bits per heavy atom. The number of rotatable bonds is 9. The highest BCUT2D eigenvalue weighted by Gasteiger charge is 2.38. The molecule has 0 aliphatic heterocycles. The fraction of sp³-hybridized carbons (Fsp3) is 1.00. The zero-order valence-electron chi connectivity index (χ0n) is 11.5. The number of hydrogen-bond donors (Lipinski definition) is 2. The van der Waals surface area contributed by atoms with Gasteiger partial charge in [0.25, 0.3) is 0 Å². The van der Waals surface area contributed by atoms with Gasteiger partial charge in [-0.2, -0.15) is 0 Å². The Morgan fingerprint density at radius 3 is 2.41 bits per heavy atom. The van der Waals surface area contributed by atoms with Gasteiger partial charge < -0.3 is 10.6 Å². The zero-order valence-corrected chi connectivity index (χ0v) is 11.5. The lowest BCUT2D eigenvalue weighted by atomic mass is 9.86. The van der Waals surface area contributed by atoms with Crippen molar-refractivity contribution in [3.63, 3.8) is 0 Å². The molecule has 2 fully saturated rings. The first-order valence-corrected chi connectivity index (χ1v) is 7.81. The summed E-state index contributed by atoms with van der Waals surface area (Å²) >= 11 is 0. The molecule has 2 heteroatoms. The maximum atomic E-state index is 3.61. The minimum atomic E-state index is 1.07. The molecular weight excluding hydrogens is 208 g/mol. The van der Waals surface area contributed by atoms with Crippen molar-refractivity contribution in [2.24, 2.45) is 17.8 Å². The molecule has 0 heterocycles. The summed E-state index contributed by atoms with van der Waals surface area (Å²) in [6, 6.07) is 0. The van der Waals surface area contributed by atoms with E-state index in [0.29, 0.717) is 0 Å². The molecule has 2 aliphatic carbocycles. The van der Waals surface area contributed by atoms with Crippen molar-refractivity contribution in [3.05, 3.63) is 0 Å². The first-order chi connectivity index (χ1) is 8.40. The van der Waals surface area contributed by atoms with Gasteiger partial charge in [0.15, 0.2) is 0 Å². The minimum absolute atomic E-state index is 1.07. The van der Waals surface area contributed by atoms with Gasteiger partial charge in [0.1, 0.15) is 0 Å². The van der Waals surface area contributed by atoms with Gasteiger partial charge in [-0.05, 0) is 82.5 Å². The van der Waals surface area contributed by atoms with Crippen LogP contribution in [0.1, 0.15) is 51.9 Å². The quantitative estimate of drug-likeness (QED) is 0.604. The van der Waals surface area contributed by atoms with E-state index in [1.165, 1.54) is 58.3 Å². The molecular formula is C15H30N2. The molecule has 0 spiro atoms. The van der Waals surface area contributed by atoms with E-state index in [1.54, 1.807) is 12.8 Å². The summed E-state index contributed by atoms with van der Waals surface area (Å²) in [6.45, 7) is 7.01. The summed E-state index contributed by atoms with van der Waals surface area (Å²) < 4.78 is 0. The van der Waals surface area contributed by atoms with Crippen molar-refractivity contribution >= 4 is 0 Å². The fourth-order valence-corrected chi connectivity index (χ4v) is 3.78. The Labute approximate surface area is 107 Å². The second-order valence-electron chi connectivity index (χ2n) is 6.08. The van der Waals surface area contributed by atoms with Crippen LogP contribution >= 0.6 is 0 Å². The predicted octanol–water partition coefficient (Wildman–Crippen LogP) is 2.79. The lowest BCUT2D eigenvalue weighted by Gasteiger charge is -2.21. The predicted molar refractivity (Wildman–Crippen MR) is 74.2 cm³/mol. The van der Waals surface area contributed by atoms with Crippen LogP contribution in [0.2, 0.25) is 0 Å². The van der Waals surface area contributed by atoms with Crippen LogP contribution in [-0.2, 0) is 0 Å². The summed E-state index contributed by atoms with van der Waals surface area (Å²) in [5, 5.41) is 7.06. The van der Waals surface area contributed by atoms with Gasteiger partial charge in [0.05, 0.1) is 0 Å². The van der Waals surface area contributed by atoms with E-state index in [9.17, 15) is 0 Å². The summed E-state index contributed by atoms with van der Waals surface area (Å²) in [7, 11) is 0. The summed E-state index contributed by atoms with van der Waals surface area (Å²) in [4.78, 5) is 0. The van der Waals surface area contributed by atoms with Crippen LogP contribution in [0.4, 0.5) is 0 Å². The third kappa shape index (κ3) is 4.26. The Kier molecular flexibility index (Phi) is 5.79. The topological polar surface area (TPSA) is 24.1 Å². The van der Waals surface area contributed by atoms with E-state index in [0.717, 1.165) is 17.8 Å². The highest BCUT2D eigenvalue weighted by molar-refractivity contribution is 4.89. The Hall–Kier alpha value is -0.0800. The standard InChI is InChI=1S/C15H30N2/c1-2-7-16-8-3-9-17-10-6-15-12-13-4-5-14(15)11-13/h13-17H,2-12H2,1H3. The zero-order chi connectivity index (χ0) is 11.9. The van der Waals surface area contributed by atoms with Crippen molar-refractivity contribution in [1.29, 1.82) is 0 Å². The van der Waals surface area contributed by atoms with E-state index in [-0.39, 0.29) is 0 Å². The third-order valence-electron chi connectivity index (χ3n) is 4.71. The normalized spacial score (nSPS) is 31.2. The van der Waals surface area contributed by atoms with Crippen LogP contribution in [0, 0.1) is 17.8 Å². The number of fused-ring (bicyclic) bond motifs is 2. The largest absolute Gasteiger partial charge is 0.317 e. The lowest BCUT2D eigenvalue weighted by Crippen LogP contribution is -2.25. The molecule has 0 aromatic carbocycles. The highest BCUT2D eigenvalue weighted by Crippen LogP contribution is 2.49. The van der Waals surface area contributed by atoms with Gasteiger partial charge >= 0.3 is 0 Å². The van der Waals surface area contributed by atoms with Crippen molar-refractivity contribution in [2.45, 2.75) is 51.9 Å². The van der Waals surface area contributed by atoms with E-state index in [2.05, 4.69) is 17.6 Å². The SMILES string of the molecule is CCCNCCCNCCC1CC2CCC1C2. The number of hydrogen-bond acceptors (Lipinski definition) is 2. The molecule has 3 atom stereocenters. The van der Waals surface area contributed by atoms with Crippen LogP contribution in [0.3, 0.4) is 0 Å². The Morgan fingerprint density at radius 2 is 1.76 bits per heavy atom. The maximum Gasteiger partial charge on any atom is -0.00368 e. The molecule has 2 rings (SSSR count). The average molecular weight is 238 g/mol. The van der Waals surface area contributed by atoms with E-state index in [1.807, 2.05) is 0 Å². The molecule has 0 saturated heterocycles. The molecule has 0 radical (unpaired) electrons. The second kappa shape index (κ2) is 7.38. The molecule has 2 nitrogen and oxygen atoms in total. The molecule has 17 heavy (non-hydrogen) atoms. The van der Waals surface area contributed by atoms with Gasteiger partial charge in [-0.25, -0.2) is 0 Å². The van der Waals surface area contributed by atoms with Crippen LogP contribution in [0.25, 0.3) is 0 Å². The van der Waals surface area contributed by atoms with Crippen LogP contribution in [0.15, 0.2) is 0 Å². The van der Waals surface area contributed by atoms with Crippen LogP contribution in [0.5, 0.6) is 0 Å². The maximum absolute atomic E-state index is 3.61. The van der Waals surface area contributed by atoms with E-state index in [4.69, 9.17) is 0 Å². The molecule has 2 N–H and O–H groups in total. The second-order valence-corrected chi connectivity index (χ2v) is 6.08. The minimum Gasteiger partial charge on any atom is -0.317 e. The average Bonchev–Trinajstić information content (AvgIpc) is 2.94. The van der Waals surface area contributed by atoms with Crippen molar-refractivity contribution in [3.8, 4) is 0 Å². The molecule has 2 saturated carbocycles. The van der Waals surface area contributed by atoms with Crippen molar-refractivity contribution in [2.75, 3.05) is 26.2 Å². The highest BCUT2D eigenvalue weighted by atomic mass is 14.9. The Bertz CT molecular complexity index is 205. The van der Waals surface area contributed by atoms with Crippen molar-refractivity contribution in [1.82, 2.24) is 10.6 Å². The van der Waals surface area contributed by atoms with E-state index < -0.39 is 0 Å². The van der Waals surface area contributed by atoms with Gasteiger partial charge in [-0.3, -0.25) is 0 Å². The fourth-order valence-electron chi connectivity index (χ4n) is 3.78.